The van der Waals surface area contributed by atoms with Crippen LogP contribution in [0.1, 0.15) is 84.0 Å². The van der Waals surface area contributed by atoms with Crippen LogP contribution >= 0.6 is 0 Å². The summed E-state index contributed by atoms with van der Waals surface area (Å²) in [5.41, 5.74) is 22.3. The highest BCUT2D eigenvalue weighted by molar-refractivity contribution is 5.81. The molecule has 0 aliphatic heterocycles. The van der Waals surface area contributed by atoms with Gasteiger partial charge in [0.1, 0.15) is 12.1 Å². The van der Waals surface area contributed by atoms with Gasteiger partial charge in [-0.05, 0) is 38.9 Å². The number of esters is 1. The maximum absolute atomic E-state index is 12.9. The number of carbonyl (C=O) groups is 1. The van der Waals surface area contributed by atoms with E-state index in [9.17, 15) is 4.79 Å². The molecule has 0 bridgehead atoms. The fourth-order valence-electron chi connectivity index (χ4n) is 4.02. The van der Waals surface area contributed by atoms with Crippen LogP contribution in [0, 0.1) is 0 Å². The Hall–Kier alpha value is -0.730. The van der Waals surface area contributed by atoms with Crippen molar-refractivity contribution in [2.45, 2.75) is 89.5 Å². The van der Waals surface area contributed by atoms with Gasteiger partial charge in [-0.3, -0.25) is 9.69 Å². The summed E-state index contributed by atoms with van der Waals surface area (Å²) in [5.74, 6) is -0.264. The second-order valence-electron chi connectivity index (χ2n) is 7.99. The van der Waals surface area contributed by atoms with E-state index in [2.05, 4.69) is 11.8 Å². The van der Waals surface area contributed by atoms with Gasteiger partial charge in [0.15, 0.2) is 0 Å². The lowest BCUT2D eigenvalue weighted by molar-refractivity contribution is -0.159. The van der Waals surface area contributed by atoms with Crippen molar-refractivity contribution in [3.63, 3.8) is 0 Å². The summed E-state index contributed by atoms with van der Waals surface area (Å²) in [7, 11) is 0. The average Bonchev–Trinajstić information content (AvgIpc) is 2.72. The van der Waals surface area contributed by atoms with Crippen LogP contribution in [0.15, 0.2) is 0 Å². The summed E-state index contributed by atoms with van der Waals surface area (Å²) >= 11 is 0. The minimum atomic E-state index is -0.794. The van der Waals surface area contributed by atoms with Crippen LogP contribution in [-0.4, -0.2) is 62.3 Å². The van der Waals surface area contributed by atoms with Crippen LogP contribution in [0.2, 0.25) is 0 Å². The van der Waals surface area contributed by atoms with Gasteiger partial charge in [-0.25, -0.2) is 0 Å². The fraction of sp³-hybridized carbons (Fsp3) is 0.955. The van der Waals surface area contributed by atoms with Crippen molar-refractivity contribution >= 4 is 5.97 Å². The predicted octanol–water partition coefficient (Wildman–Crippen LogP) is 2.11. The van der Waals surface area contributed by atoms with Gasteiger partial charge in [-0.1, -0.05) is 64.7 Å². The monoisotopic (exact) mass is 415 g/mol. The Morgan fingerprint density at radius 2 is 1.24 bits per heavy atom. The highest BCUT2D eigenvalue weighted by Gasteiger charge is 2.43. The molecule has 0 aromatic heterocycles. The standard InChI is InChI=1S/C22H49N5O2/c1-2-3-4-5-6-7-8-9-10-11-18-27(19-16-25)22(12-14-23,13-15-24)21(28)29-20-17-26/h2-20,23-26H2,1H3. The molecule has 0 unspecified atom stereocenters. The number of ether oxygens (including phenoxy) is 1. The number of nitrogens with two attached hydrogens (primary N) is 4. The lowest BCUT2D eigenvalue weighted by Gasteiger charge is -2.42. The zero-order valence-electron chi connectivity index (χ0n) is 19.0. The van der Waals surface area contributed by atoms with Crippen LogP contribution in [0.25, 0.3) is 0 Å². The SMILES string of the molecule is CCCCCCCCCCCCN(CCN)C(CCN)(CCN)C(=O)OCCN. The second kappa shape index (κ2) is 19.2. The van der Waals surface area contributed by atoms with Crippen molar-refractivity contribution in [2.75, 3.05) is 45.9 Å². The Morgan fingerprint density at radius 3 is 1.69 bits per heavy atom. The summed E-state index contributed by atoms with van der Waals surface area (Å²) in [6.07, 6.45) is 13.8. The zero-order chi connectivity index (χ0) is 21.8. The molecule has 7 nitrogen and oxygen atoms in total. The van der Waals surface area contributed by atoms with Crippen molar-refractivity contribution in [3.05, 3.63) is 0 Å². The molecular weight excluding hydrogens is 366 g/mol. The first-order chi connectivity index (χ1) is 14.1. The molecule has 7 heteroatoms. The van der Waals surface area contributed by atoms with Crippen molar-refractivity contribution in [1.82, 2.24) is 4.90 Å². The fourth-order valence-corrected chi connectivity index (χ4v) is 4.02. The lowest BCUT2D eigenvalue weighted by atomic mass is 9.88. The molecule has 0 aliphatic rings. The summed E-state index contributed by atoms with van der Waals surface area (Å²) in [4.78, 5) is 15.1. The number of unbranched alkanes of at least 4 members (excludes halogenated alkanes) is 9. The van der Waals surface area contributed by atoms with Gasteiger partial charge in [0, 0.05) is 19.6 Å². The van der Waals surface area contributed by atoms with E-state index in [4.69, 9.17) is 27.7 Å². The van der Waals surface area contributed by atoms with E-state index in [1.807, 2.05) is 0 Å². The molecule has 8 N–H and O–H groups in total. The van der Waals surface area contributed by atoms with Crippen LogP contribution in [-0.2, 0) is 9.53 Å². The minimum absolute atomic E-state index is 0.213. The van der Waals surface area contributed by atoms with Crippen molar-refractivity contribution in [1.29, 1.82) is 0 Å². The van der Waals surface area contributed by atoms with Gasteiger partial charge in [0.05, 0.1) is 0 Å². The summed E-state index contributed by atoms with van der Waals surface area (Å²) < 4.78 is 5.43. The van der Waals surface area contributed by atoms with E-state index in [0.29, 0.717) is 45.6 Å². The van der Waals surface area contributed by atoms with Gasteiger partial charge in [-0.15, -0.1) is 0 Å². The first-order valence-corrected chi connectivity index (χ1v) is 11.9. The number of nitrogens with zero attached hydrogens (tertiary/aromatic N) is 1. The lowest BCUT2D eigenvalue weighted by Crippen LogP contribution is -2.59. The maximum atomic E-state index is 12.9. The minimum Gasteiger partial charge on any atom is -0.463 e. The molecule has 174 valence electrons. The van der Waals surface area contributed by atoms with Crippen LogP contribution in [0.3, 0.4) is 0 Å². The normalized spacial score (nSPS) is 11.9. The Kier molecular flexibility index (Phi) is 18.8. The third-order valence-electron chi connectivity index (χ3n) is 5.63. The molecule has 0 atom stereocenters. The molecule has 0 radical (unpaired) electrons. The van der Waals surface area contributed by atoms with Gasteiger partial charge in [0.25, 0.3) is 0 Å². The first-order valence-electron chi connectivity index (χ1n) is 11.9. The Morgan fingerprint density at radius 1 is 0.724 bits per heavy atom. The highest BCUT2D eigenvalue weighted by Crippen LogP contribution is 2.26. The van der Waals surface area contributed by atoms with Crippen molar-refractivity contribution in [3.8, 4) is 0 Å². The number of carbonyl (C=O) groups excluding carboxylic acids is 1. The molecular formula is C22H49N5O2. The molecule has 0 aliphatic carbocycles. The first kappa shape index (κ1) is 28.3. The number of hydrogen-bond acceptors (Lipinski definition) is 7. The van der Waals surface area contributed by atoms with Gasteiger partial charge in [0.2, 0.25) is 0 Å². The number of rotatable bonds is 21. The van der Waals surface area contributed by atoms with E-state index in [0.717, 1.165) is 19.4 Å². The highest BCUT2D eigenvalue weighted by atomic mass is 16.5. The average molecular weight is 416 g/mol. The van der Waals surface area contributed by atoms with Crippen molar-refractivity contribution in [2.24, 2.45) is 22.9 Å². The van der Waals surface area contributed by atoms with E-state index in [1.54, 1.807) is 0 Å². The molecule has 0 amide bonds. The zero-order valence-corrected chi connectivity index (χ0v) is 19.0. The van der Waals surface area contributed by atoms with Crippen LogP contribution < -0.4 is 22.9 Å². The Balaban J connectivity index is 4.62. The topological polar surface area (TPSA) is 134 Å². The third-order valence-corrected chi connectivity index (χ3v) is 5.63. The van der Waals surface area contributed by atoms with Gasteiger partial charge < -0.3 is 27.7 Å². The molecule has 0 saturated carbocycles. The summed E-state index contributed by atoms with van der Waals surface area (Å²) in [5, 5.41) is 0. The quantitative estimate of drug-likeness (QED) is 0.167. The maximum Gasteiger partial charge on any atom is 0.326 e. The molecule has 0 fully saturated rings. The Bertz CT molecular complexity index is 376. The molecule has 0 saturated heterocycles. The van der Waals surface area contributed by atoms with E-state index < -0.39 is 5.54 Å². The molecule has 0 rings (SSSR count). The largest absolute Gasteiger partial charge is 0.463 e. The summed E-state index contributed by atoms with van der Waals surface area (Å²) in [6.45, 7) is 5.50. The smallest absolute Gasteiger partial charge is 0.326 e. The van der Waals surface area contributed by atoms with E-state index in [-0.39, 0.29) is 12.6 Å². The second-order valence-corrected chi connectivity index (χ2v) is 7.99. The summed E-state index contributed by atoms with van der Waals surface area (Å²) in [6, 6.07) is 0. The molecule has 0 aromatic carbocycles. The Labute approximate surface area is 179 Å². The van der Waals surface area contributed by atoms with Gasteiger partial charge >= 0.3 is 5.97 Å². The van der Waals surface area contributed by atoms with Crippen LogP contribution in [0.5, 0.6) is 0 Å². The van der Waals surface area contributed by atoms with Gasteiger partial charge in [-0.2, -0.15) is 0 Å². The van der Waals surface area contributed by atoms with Crippen LogP contribution in [0.4, 0.5) is 0 Å². The number of hydrogen-bond donors (Lipinski definition) is 4. The molecule has 29 heavy (non-hydrogen) atoms. The molecule has 0 heterocycles. The van der Waals surface area contributed by atoms with Crippen molar-refractivity contribution < 1.29 is 9.53 Å². The van der Waals surface area contributed by atoms with E-state index >= 15 is 0 Å². The predicted molar refractivity (Wildman–Crippen MR) is 123 cm³/mol. The molecule has 0 aromatic rings. The van der Waals surface area contributed by atoms with E-state index in [1.165, 1.54) is 51.4 Å². The molecule has 0 spiro atoms. The third kappa shape index (κ3) is 11.9.